The Balaban J connectivity index is 1.89. The molecule has 4 heteroatoms. The zero-order valence-electron chi connectivity index (χ0n) is 14.2. The van der Waals surface area contributed by atoms with E-state index in [1.54, 1.807) is 7.11 Å². The lowest BCUT2D eigenvalue weighted by atomic mass is 10.1. The zero-order chi connectivity index (χ0) is 16.9. The van der Waals surface area contributed by atoms with Crippen molar-refractivity contribution in [3.8, 4) is 17.0 Å². The smallest absolute Gasteiger partial charge is 0.130 e. The van der Waals surface area contributed by atoms with Crippen LogP contribution in [0.4, 0.5) is 5.82 Å². The number of nitrogens with zero attached hydrogens (tertiary/aromatic N) is 2. The molecular formula is C20H21N3O. The molecule has 0 aliphatic rings. The van der Waals surface area contributed by atoms with Crippen LogP contribution in [-0.2, 0) is 0 Å². The van der Waals surface area contributed by atoms with Crippen LogP contribution in [0.3, 0.4) is 0 Å². The van der Waals surface area contributed by atoms with Crippen molar-refractivity contribution >= 4 is 5.82 Å². The second kappa shape index (κ2) is 7.13. The van der Waals surface area contributed by atoms with Gasteiger partial charge in [-0.05, 0) is 31.5 Å². The lowest BCUT2D eigenvalue weighted by molar-refractivity contribution is 0.415. The van der Waals surface area contributed by atoms with Crippen LogP contribution in [-0.4, -0.2) is 17.1 Å². The molecule has 0 fully saturated rings. The number of benzene rings is 2. The third kappa shape index (κ3) is 3.71. The molecule has 1 atom stereocenters. The van der Waals surface area contributed by atoms with E-state index in [1.165, 1.54) is 5.56 Å². The van der Waals surface area contributed by atoms with Crippen LogP contribution in [0.2, 0.25) is 0 Å². The highest BCUT2D eigenvalue weighted by Gasteiger charge is 2.09. The van der Waals surface area contributed by atoms with Gasteiger partial charge < -0.3 is 10.1 Å². The molecular weight excluding hydrogens is 298 g/mol. The number of methoxy groups -OCH3 is 1. The SMILES string of the molecule is COc1cccc(-c2cc(NC(C)c3ccccc3)nc(C)n2)c1. The number of anilines is 1. The summed E-state index contributed by atoms with van der Waals surface area (Å²) in [5.74, 6) is 2.37. The summed E-state index contributed by atoms with van der Waals surface area (Å²) in [5.41, 5.74) is 3.11. The minimum atomic E-state index is 0.165. The summed E-state index contributed by atoms with van der Waals surface area (Å²) in [6.45, 7) is 4.03. The highest BCUT2D eigenvalue weighted by molar-refractivity contribution is 5.64. The first-order chi connectivity index (χ1) is 11.7. The van der Waals surface area contributed by atoms with E-state index in [1.807, 2.05) is 55.5 Å². The van der Waals surface area contributed by atoms with E-state index in [4.69, 9.17) is 4.74 Å². The van der Waals surface area contributed by atoms with Gasteiger partial charge in [-0.15, -0.1) is 0 Å². The topological polar surface area (TPSA) is 47.0 Å². The molecule has 0 aliphatic heterocycles. The standard InChI is InChI=1S/C20H21N3O/c1-14(16-8-5-4-6-9-16)21-20-13-19(22-15(2)23-20)17-10-7-11-18(12-17)24-3/h4-14H,1-3H3,(H,21,22,23). The van der Waals surface area contributed by atoms with Gasteiger partial charge in [0.2, 0.25) is 0 Å². The van der Waals surface area contributed by atoms with Crippen molar-refractivity contribution in [2.45, 2.75) is 19.9 Å². The third-order valence-corrected chi connectivity index (χ3v) is 3.87. The molecule has 4 nitrogen and oxygen atoms in total. The summed E-state index contributed by atoms with van der Waals surface area (Å²) in [6, 6.07) is 20.3. The normalized spacial score (nSPS) is 11.8. The lowest BCUT2D eigenvalue weighted by Crippen LogP contribution is -2.09. The fraction of sp³-hybridized carbons (Fsp3) is 0.200. The molecule has 3 aromatic rings. The molecule has 3 rings (SSSR count). The van der Waals surface area contributed by atoms with E-state index in [9.17, 15) is 0 Å². The first-order valence-electron chi connectivity index (χ1n) is 7.97. The monoisotopic (exact) mass is 319 g/mol. The molecule has 0 spiro atoms. The van der Waals surface area contributed by atoms with Crippen LogP contribution in [0.25, 0.3) is 11.3 Å². The average Bonchev–Trinajstić information content (AvgIpc) is 2.62. The third-order valence-electron chi connectivity index (χ3n) is 3.87. The predicted octanol–water partition coefficient (Wildman–Crippen LogP) is 4.63. The average molecular weight is 319 g/mol. The minimum absolute atomic E-state index is 0.165. The number of rotatable bonds is 5. The Morgan fingerprint density at radius 3 is 2.50 bits per heavy atom. The van der Waals surface area contributed by atoms with Crippen LogP contribution < -0.4 is 10.1 Å². The maximum Gasteiger partial charge on any atom is 0.130 e. The van der Waals surface area contributed by atoms with Crippen molar-refractivity contribution in [2.24, 2.45) is 0 Å². The summed E-state index contributed by atoms with van der Waals surface area (Å²) in [7, 11) is 1.67. The van der Waals surface area contributed by atoms with Crippen molar-refractivity contribution in [1.29, 1.82) is 0 Å². The van der Waals surface area contributed by atoms with E-state index in [-0.39, 0.29) is 6.04 Å². The Labute approximate surface area is 142 Å². The molecule has 122 valence electrons. The molecule has 24 heavy (non-hydrogen) atoms. The van der Waals surface area contributed by atoms with E-state index >= 15 is 0 Å². The van der Waals surface area contributed by atoms with Gasteiger partial charge in [-0.25, -0.2) is 9.97 Å². The maximum atomic E-state index is 5.30. The van der Waals surface area contributed by atoms with Gasteiger partial charge in [-0.2, -0.15) is 0 Å². The molecule has 2 aromatic carbocycles. The van der Waals surface area contributed by atoms with Gasteiger partial charge in [0.1, 0.15) is 17.4 Å². The van der Waals surface area contributed by atoms with E-state index in [0.717, 1.165) is 28.6 Å². The van der Waals surface area contributed by atoms with E-state index in [0.29, 0.717) is 0 Å². The largest absolute Gasteiger partial charge is 0.497 e. The number of hydrogen-bond acceptors (Lipinski definition) is 4. The number of ether oxygens (including phenoxy) is 1. The van der Waals surface area contributed by atoms with Gasteiger partial charge >= 0.3 is 0 Å². The fourth-order valence-electron chi connectivity index (χ4n) is 2.62. The summed E-state index contributed by atoms with van der Waals surface area (Å²) >= 11 is 0. The van der Waals surface area contributed by atoms with Crippen LogP contribution in [0.5, 0.6) is 5.75 Å². The van der Waals surface area contributed by atoms with Crippen molar-refractivity contribution in [3.05, 3.63) is 72.1 Å². The second-order valence-corrected chi connectivity index (χ2v) is 5.69. The molecule has 0 saturated carbocycles. The zero-order valence-corrected chi connectivity index (χ0v) is 14.2. The number of aromatic nitrogens is 2. The predicted molar refractivity (Wildman–Crippen MR) is 97.2 cm³/mol. The molecule has 1 heterocycles. The van der Waals surface area contributed by atoms with Crippen molar-refractivity contribution in [2.75, 3.05) is 12.4 Å². The first kappa shape index (κ1) is 16.0. The van der Waals surface area contributed by atoms with Gasteiger partial charge in [0.25, 0.3) is 0 Å². The number of hydrogen-bond donors (Lipinski definition) is 1. The van der Waals surface area contributed by atoms with Crippen LogP contribution >= 0.6 is 0 Å². The summed E-state index contributed by atoms with van der Waals surface area (Å²) in [5, 5.41) is 3.46. The second-order valence-electron chi connectivity index (χ2n) is 5.69. The Morgan fingerprint density at radius 1 is 0.958 bits per heavy atom. The summed E-state index contributed by atoms with van der Waals surface area (Å²) in [4.78, 5) is 9.07. The van der Waals surface area contributed by atoms with E-state index in [2.05, 4.69) is 34.3 Å². The molecule has 1 aromatic heterocycles. The van der Waals surface area contributed by atoms with Crippen LogP contribution in [0, 0.1) is 6.92 Å². The van der Waals surface area contributed by atoms with Gasteiger partial charge in [-0.3, -0.25) is 0 Å². The lowest BCUT2D eigenvalue weighted by Gasteiger charge is -2.16. The van der Waals surface area contributed by atoms with Crippen molar-refractivity contribution < 1.29 is 4.74 Å². The maximum absolute atomic E-state index is 5.30. The fourth-order valence-corrected chi connectivity index (χ4v) is 2.62. The number of nitrogens with one attached hydrogen (secondary N) is 1. The Morgan fingerprint density at radius 2 is 1.75 bits per heavy atom. The van der Waals surface area contributed by atoms with Crippen molar-refractivity contribution in [1.82, 2.24) is 9.97 Å². The highest BCUT2D eigenvalue weighted by Crippen LogP contribution is 2.25. The van der Waals surface area contributed by atoms with Gasteiger partial charge in [0.05, 0.1) is 12.8 Å². The highest BCUT2D eigenvalue weighted by atomic mass is 16.5. The van der Waals surface area contributed by atoms with Gasteiger partial charge in [0, 0.05) is 17.7 Å². The Bertz CT molecular complexity index is 818. The number of aryl methyl sites for hydroxylation is 1. The Hall–Kier alpha value is -2.88. The van der Waals surface area contributed by atoms with E-state index < -0.39 is 0 Å². The van der Waals surface area contributed by atoms with Gasteiger partial charge in [-0.1, -0.05) is 42.5 Å². The molecule has 1 unspecified atom stereocenters. The minimum Gasteiger partial charge on any atom is -0.497 e. The molecule has 0 bridgehead atoms. The molecule has 0 amide bonds. The van der Waals surface area contributed by atoms with Crippen LogP contribution in [0.15, 0.2) is 60.7 Å². The molecule has 0 radical (unpaired) electrons. The molecule has 1 N–H and O–H groups in total. The summed E-state index contributed by atoms with van der Waals surface area (Å²) in [6.07, 6.45) is 0. The summed E-state index contributed by atoms with van der Waals surface area (Å²) < 4.78 is 5.30. The quantitative estimate of drug-likeness (QED) is 0.744. The van der Waals surface area contributed by atoms with Gasteiger partial charge in [0.15, 0.2) is 0 Å². The molecule has 0 aliphatic carbocycles. The van der Waals surface area contributed by atoms with Crippen LogP contribution in [0.1, 0.15) is 24.4 Å². The molecule has 0 saturated heterocycles. The van der Waals surface area contributed by atoms with Crippen molar-refractivity contribution in [3.63, 3.8) is 0 Å². The Kier molecular flexibility index (Phi) is 4.75. The first-order valence-corrected chi connectivity index (χ1v) is 7.97.